The first kappa shape index (κ1) is 22.0. The van der Waals surface area contributed by atoms with E-state index in [4.69, 9.17) is 20.9 Å². The highest BCUT2D eigenvalue weighted by molar-refractivity contribution is 5.98. The second-order valence-electron chi connectivity index (χ2n) is 7.91. The molecule has 0 aliphatic carbocycles. The Morgan fingerprint density at radius 3 is 2.42 bits per heavy atom. The molecule has 0 aromatic heterocycles. The molecule has 170 valence electrons. The number of nitrogen functional groups attached to an aromatic ring is 1. The quantitative estimate of drug-likeness (QED) is 0.474. The molecule has 0 saturated carbocycles. The SMILES string of the molecule is COc1ccc(CN2CC(c3ccc(C(N)=O)c(N)c3)c3cc(C(=O)O)ccc32)cc1OC. The Bertz CT molecular complexity index is 1240. The monoisotopic (exact) mass is 447 g/mol. The van der Waals surface area contributed by atoms with Crippen LogP contribution in [0.1, 0.15) is 43.3 Å². The van der Waals surface area contributed by atoms with Crippen molar-refractivity contribution in [2.75, 3.05) is 31.4 Å². The summed E-state index contributed by atoms with van der Waals surface area (Å²) in [5.41, 5.74) is 16.0. The molecular weight excluding hydrogens is 422 g/mol. The maximum Gasteiger partial charge on any atom is 0.335 e. The van der Waals surface area contributed by atoms with E-state index >= 15 is 0 Å². The van der Waals surface area contributed by atoms with Crippen molar-refractivity contribution in [3.63, 3.8) is 0 Å². The van der Waals surface area contributed by atoms with Crippen LogP contribution < -0.4 is 25.8 Å². The third-order valence-corrected chi connectivity index (χ3v) is 5.96. The van der Waals surface area contributed by atoms with Crippen molar-refractivity contribution >= 4 is 23.3 Å². The summed E-state index contributed by atoms with van der Waals surface area (Å²) < 4.78 is 10.8. The number of ether oxygens (including phenoxy) is 2. The van der Waals surface area contributed by atoms with Crippen LogP contribution in [-0.4, -0.2) is 37.7 Å². The van der Waals surface area contributed by atoms with E-state index in [1.54, 1.807) is 38.5 Å². The van der Waals surface area contributed by atoms with Crippen LogP contribution in [0, 0.1) is 0 Å². The molecule has 1 heterocycles. The van der Waals surface area contributed by atoms with Gasteiger partial charge in [0.25, 0.3) is 5.91 Å². The van der Waals surface area contributed by atoms with Gasteiger partial charge in [-0.1, -0.05) is 12.1 Å². The number of nitrogens with zero attached hydrogens (tertiary/aromatic N) is 1. The lowest BCUT2D eigenvalue weighted by molar-refractivity contribution is 0.0696. The summed E-state index contributed by atoms with van der Waals surface area (Å²) in [6.07, 6.45) is 0. The molecule has 1 aliphatic heterocycles. The van der Waals surface area contributed by atoms with Gasteiger partial charge in [-0.25, -0.2) is 4.79 Å². The predicted octanol–water partition coefficient (Wildman–Crippen LogP) is 3.24. The van der Waals surface area contributed by atoms with E-state index in [9.17, 15) is 14.7 Å². The number of benzene rings is 3. The third kappa shape index (κ3) is 4.15. The molecule has 0 spiro atoms. The Morgan fingerprint density at radius 2 is 1.79 bits per heavy atom. The summed E-state index contributed by atoms with van der Waals surface area (Å²) in [4.78, 5) is 25.4. The van der Waals surface area contributed by atoms with Crippen molar-refractivity contribution in [2.24, 2.45) is 5.73 Å². The molecule has 3 aromatic carbocycles. The minimum absolute atomic E-state index is 0.122. The van der Waals surface area contributed by atoms with E-state index in [-0.39, 0.29) is 17.0 Å². The van der Waals surface area contributed by atoms with Gasteiger partial charge in [-0.15, -0.1) is 0 Å². The number of primary amides is 1. The largest absolute Gasteiger partial charge is 0.493 e. The van der Waals surface area contributed by atoms with E-state index < -0.39 is 11.9 Å². The molecule has 8 heteroatoms. The number of carboxylic acids is 1. The Balaban J connectivity index is 1.73. The van der Waals surface area contributed by atoms with Crippen molar-refractivity contribution in [3.8, 4) is 11.5 Å². The molecular formula is C25H25N3O5. The van der Waals surface area contributed by atoms with Crippen LogP contribution >= 0.6 is 0 Å². The zero-order valence-electron chi connectivity index (χ0n) is 18.4. The van der Waals surface area contributed by atoms with Gasteiger partial charge in [-0.3, -0.25) is 4.79 Å². The fourth-order valence-electron chi connectivity index (χ4n) is 4.33. The highest BCUT2D eigenvalue weighted by Crippen LogP contribution is 2.42. The van der Waals surface area contributed by atoms with E-state index in [1.807, 2.05) is 30.3 Å². The van der Waals surface area contributed by atoms with Gasteiger partial charge in [0.2, 0.25) is 0 Å². The molecule has 5 N–H and O–H groups in total. The Kier molecular flexibility index (Phi) is 5.83. The van der Waals surface area contributed by atoms with Crippen LogP contribution in [0.2, 0.25) is 0 Å². The Morgan fingerprint density at radius 1 is 1.03 bits per heavy atom. The van der Waals surface area contributed by atoms with Gasteiger partial charge in [0, 0.05) is 30.4 Å². The number of anilines is 2. The predicted molar refractivity (Wildman–Crippen MR) is 125 cm³/mol. The van der Waals surface area contributed by atoms with Gasteiger partial charge in [0.15, 0.2) is 11.5 Å². The van der Waals surface area contributed by atoms with Crippen LogP contribution in [0.15, 0.2) is 54.6 Å². The lowest BCUT2D eigenvalue weighted by atomic mass is 9.91. The molecule has 0 radical (unpaired) electrons. The fraction of sp³-hybridized carbons (Fsp3) is 0.200. The van der Waals surface area contributed by atoms with E-state index in [0.717, 1.165) is 22.4 Å². The maximum atomic E-state index is 11.6. The average Bonchev–Trinajstić information content (AvgIpc) is 3.16. The molecule has 1 atom stereocenters. The summed E-state index contributed by atoms with van der Waals surface area (Å²) >= 11 is 0. The third-order valence-electron chi connectivity index (χ3n) is 5.96. The first-order chi connectivity index (χ1) is 15.8. The van der Waals surface area contributed by atoms with Gasteiger partial charge < -0.3 is 30.9 Å². The molecule has 1 amide bonds. The average molecular weight is 447 g/mol. The van der Waals surface area contributed by atoms with Crippen molar-refractivity contribution in [3.05, 3.63) is 82.4 Å². The number of methoxy groups -OCH3 is 2. The maximum absolute atomic E-state index is 11.6. The van der Waals surface area contributed by atoms with Crippen LogP contribution in [-0.2, 0) is 6.54 Å². The number of rotatable bonds is 7. The minimum atomic E-state index is -0.988. The summed E-state index contributed by atoms with van der Waals surface area (Å²) in [6.45, 7) is 1.20. The topological polar surface area (TPSA) is 128 Å². The van der Waals surface area contributed by atoms with Gasteiger partial charge in [0.05, 0.1) is 25.3 Å². The second kappa shape index (κ2) is 8.74. The zero-order chi connectivity index (χ0) is 23.7. The standard InChI is InChI=1S/C25H25N3O5/c1-32-22-8-3-14(9-23(22)33-2)12-28-13-19(15-4-6-17(24(27)29)20(26)11-15)18-10-16(25(30)31)5-7-21(18)28/h3-11,19H,12-13,26H2,1-2H3,(H2,27,29)(H,30,31). The number of nitrogens with two attached hydrogens (primary N) is 2. The van der Waals surface area contributed by atoms with Crippen LogP contribution in [0.4, 0.5) is 11.4 Å². The molecule has 0 saturated heterocycles. The molecule has 1 unspecified atom stereocenters. The molecule has 0 fully saturated rings. The van der Waals surface area contributed by atoms with Crippen LogP contribution in [0.25, 0.3) is 0 Å². The van der Waals surface area contributed by atoms with Crippen molar-refractivity contribution in [1.29, 1.82) is 0 Å². The van der Waals surface area contributed by atoms with Crippen LogP contribution in [0.5, 0.6) is 11.5 Å². The summed E-state index contributed by atoms with van der Waals surface area (Å²) in [6, 6.07) is 16.1. The molecule has 4 rings (SSSR count). The number of hydrogen-bond acceptors (Lipinski definition) is 6. The molecule has 3 aromatic rings. The highest BCUT2D eigenvalue weighted by atomic mass is 16.5. The number of carboxylic acid groups (broad SMARTS) is 1. The number of aromatic carboxylic acids is 1. The number of hydrogen-bond donors (Lipinski definition) is 3. The minimum Gasteiger partial charge on any atom is -0.493 e. The first-order valence-corrected chi connectivity index (χ1v) is 10.3. The lowest BCUT2D eigenvalue weighted by Crippen LogP contribution is -2.22. The zero-order valence-corrected chi connectivity index (χ0v) is 18.4. The number of amides is 1. The van der Waals surface area contributed by atoms with E-state index in [2.05, 4.69) is 4.90 Å². The summed E-state index contributed by atoms with van der Waals surface area (Å²) in [7, 11) is 3.19. The normalized spacial score (nSPS) is 14.6. The molecule has 33 heavy (non-hydrogen) atoms. The first-order valence-electron chi connectivity index (χ1n) is 10.3. The highest BCUT2D eigenvalue weighted by Gasteiger charge is 2.31. The van der Waals surface area contributed by atoms with Crippen molar-refractivity contribution in [2.45, 2.75) is 12.5 Å². The number of carbonyl (C=O) groups excluding carboxylic acids is 1. The van der Waals surface area contributed by atoms with Crippen molar-refractivity contribution in [1.82, 2.24) is 0 Å². The van der Waals surface area contributed by atoms with E-state index in [0.29, 0.717) is 30.3 Å². The summed E-state index contributed by atoms with van der Waals surface area (Å²) in [5.74, 6) is -0.407. The number of carbonyl (C=O) groups is 2. The van der Waals surface area contributed by atoms with Gasteiger partial charge >= 0.3 is 5.97 Å². The van der Waals surface area contributed by atoms with Gasteiger partial charge in [-0.05, 0) is 59.2 Å². The second-order valence-corrected chi connectivity index (χ2v) is 7.91. The Labute approximate surface area is 191 Å². The Hall–Kier alpha value is -4.20. The number of fused-ring (bicyclic) bond motifs is 1. The van der Waals surface area contributed by atoms with Crippen molar-refractivity contribution < 1.29 is 24.2 Å². The molecule has 0 bridgehead atoms. The molecule has 8 nitrogen and oxygen atoms in total. The molecule has 1 aliphatic rings. The van der Waals surface area contributed by atoms with Crippen LogP contribution in [0.3, 0.4) is 0 Å². The lowest BCUT2D eigenvalue weighted by Gasteiger charge is -2.21. The fourth-order valence-corrected chi connectivity index (χ4v) is 4.33. The van der Waals surface area contributed by atoms with Gasteiger partial charge in [0.1, 0.15) is 0 Å². The smallest absolute Gasteiger partial charge is 0.335 e. The van der Waals surface area contributed by atoms with E-state index in [1.165, 1.54) is 0 Å². The van der Waals surface area contributed by atoms with Gasteiger partial charge in [-0.2, -0.15) is 0 Å². The summed E-state index contributed by atoms with van der Waals surface area (Å²) in [5, 5.41) is 9.51.